The van der Waals surface area contributed by atoms with Crippen molar-refractivity contribution in [1.82, 2.24) is 14.6 Å². The molecule has 0 aliphatic carbocycles. The van der Waals surface area contributed by atoms with E-state index in [1.807, 2.05) is 0 Å². The topological polar surface area (TPSA) is 181 Å². The number of nitrogen functional groups attached to an aromatic ring is 1. The first-order valence-electron chi connectivity index (χ1n) is 6.55. The second kappa shape index (κ2) is 7.02. The molecule has 0 spiro atoms. The number of oxime groups is 1. The average molecular weight is 391 g/mol. The lowest BCUT2D eigenvalue weighted by molar-refractivity contribution is -0.141. The molecule has 1 unspecified atom stereocenters. The van der Waals surface area contributed by atoms with Crippen LogP contribution in [0, 0.1) is 0 Å². The number of carboxylic acids is 1. The third-order valence-corrected chi connectivity index (χ3v) is 5.41. The van der Waals surface area contributed by atoms with Crippen molar-refractivity contribution in [2.75, 3.05) is 25.1 Å². The number of hydrogen-bond acceptors (Lipinski definition) is 10. The number of aliphatic carboxylic acids is 1. The number of amides is 2. The van der Waals surface area contributed by atoms with Crippen LogP contribution in [0.25, 0.3) is 0 Å². The van der Waals surface area contributed by atoms with Gasteiger partial charge in [-0.05, 0) is 0 Å². The smallest absolute Gasteiger partial charge is 0.324 e. The minimum atomic E-state index is -4.14. The fraction of sp³-hybridized carbons (Fsp3) is 0.364. The van der Waals surface area contributed by atoms with E-state index in [9.17, 15) is 22.8 Å². The lowest BCUT2D eigenvalue weighted by Crippen LogP contribution is -2.46. The second-order valence-electron chi connectivity index (χ2n) is 4.74. The van der Waals surface area contributed by atoms with Crippen LogP contribution >= 0.6 is 11.3 Å². The number of nitrogens with two attached hydrogens (primary N) is 1. The highest BCUT2D eigenvalue weighted by molar-refractivity contribution is 7.90. The van der Waals surface area contributed by atoms with E-state index in [1.54, 1.807) is 0 Å². The number of carbonyl (C=O) groups excluding carboxylic acids is 2. The second-order valence-corrected chi connectivity index (χ2v) is 7.56. The Morgan fingerprint density at radius 2 is 2.28 bits per heavy atom. The minimum Gasteiger partial charge on any atom is -0.480 e. The summed E-state index contributed by atoms with van der Waals surface area (Å²) in [7, 11) is -2.96. The van der Waals surface area contributed by atoms with Crippen LogP contribution in [0.1, 0.15) is 5.69 Å². The summed E-state index contributed by atoms with van der Waals surface area (Å²) in [6, 6.07) is -1.45. The molecular weight excluding hydrogens is 378 g/mol. The van der Waals surface area contributed by atoms with Gasteiger partial charge in [0.25, 0.3) is 11.8 Å². The van der Waals surface area contributed by atoms with Gasteiger partial charge in [0.1, 0.15) is 25.4 Å². The Morgan fingerprint density at radius 3 is 2.80 bits per heavy atom. The molecule has 2 heterocycles. The van der Waals surface area contributed by atoms with Crippen LogP contribution in [0.5, 0.6) is 0 Å². The van der Waals surface area contributed by atoms with Gasteiger partial charge in [0, 0.05) is 5.38 Å². The zero-order valence-electron chi connectivity index (χ0n) is 12.7. The predicted molar refractivity (Wildman–Crippen MR) is 85.1 cm³/mol. The zero-order chi connectivity index (χ0) is 18.8. The van der Waals surface area contributed by atoms with Crippen molar-refractivity contribution in [2.45, 2.75) is 6.04 Å². The molecular formula is C11H13N5O7S2. The summed E-state index contributed by atoms with van der Waals surface area (Å²) in [5.41, 5.74) is 5.26. The molecule has 0 bridgehead atoms. The van der Waals surface area contributed by atoms with Gasteiger partial charge in [0.15, 0.2) is 10.8 Å². The Labute approximate surface area is 145 Å². The Kier molecular flexibility index (Phi) is 5.22. The van der Waals surface area contributed by atoms with Crippen molar-refractivity contribution in [1.29, 1.82) is 0 Å². The third kappa shape index (κ3) is 4.03. The lowest BCUT2D eigenvalue weighted by atomic mass is 10.2. The molecule has 12 nitrogen and oxygen atoms in total. The van der Waals surface area contributed by atoms with Crippen molar-refractivity contribution in [3.05, 3.63) is 11.1 Å². The summed E-state index contributed by atoms with van der Waals surface area (Å²) in [4.78, 5) is 43.5. The van der Waals surface area contributed by atoms with Crippen molar-refractivity contribution in [3.63, 3.8) is 0 Å². The molecule has 1 aliphatic heterocycles. The van der Waals surface area contributed by atoms with Gasteiger partial charge in [0.2, 0.25) is 10.0 Å². The molecule has 4 N–H and O–H groups in total. The van der Waals surface area contributed by atoms with E-state index >= 15 is 0 Å². The van der Waals surface area contributed by atoms with Crippen LogP contribution < -0.4 is 11.1 Å². The molecule has 1 fully saturated rings. The van der Waals surface area contributed by atoms with Crippen LogP contribution in [0.15, 0.2) is 10.5 Å². The highest BCUT2D eigenvalue weighted by atomic mass is 32.2. The molecule has 1 aromatic heterocycles. The fourth-order valence-corrected chi connectivity index (χ4v) is 4.09. The number of sulfonamides is 1. The van der Waals surface area contributed by atoms with Crippen LogP contribution in [0.2, 0.25) is 0 Å². The number of carbonyl (C=O) groups is 3. The van der Waals surface area contributed by atoms with E-state index in [2.05, 4.69) is 20.3 Å². The van der Waals surface area contributed by atoms with Crippen LogP contribution in [0.3, 0.4) is 0 Å². The number of aromatic nitrogens is 1. The minimum absolute atomic E-state index is 0.0811. The lowest BCUT2D eigenvalue weighted by Gasteiger charge is -2.13. The largest absolute Gasteiger partial charge is 0.480 e. The number of carboxylic acid groups (broad SMARTS) is 1. The first-order valence-corrected chi connectivity index (χ1v) is 9.04. The van der Waals surface area contributed by atoms with Crippen molar-refractivity contribution >= 4 is 50.0 Å². The predicted octanol–water partition coefficient (Wildman–Crippen LogP) is -2.18. The Bertz CT molecular complexity index is 847. The fourth-order valence-electron chi connectivity index (χ4n) is 2.00. The van der Waals surface area contributed by atoms with Crippen LogP contribution in [-0.2, 0) is 29.2 Å². The maximum absolute atomic E-state index is 12.3. The molecule has 14 heteroatoms. The molecule has 25 heavy (non-hydrogen) atoms. The van der Waals surface area contributed by atoms with Gasteiger partial charge in [-0.1, -0.05) is 5.16 Å². The number of nitrogens with zero attached hydrogens (tertiary/aromatic N) is 3. The van der Waals surface area contributed by atoms with E-state index < -0.39 is 46.1 Å². The first-order chi connectivity index (χ1) is 11.7. The van der Waals surface area contributed by atoms with Crippen molar-refractivity contribution in [3.8, 4) is 0 Å². The molecule has 136 valence electrons. The SMILES string of the molecule is CON=C(C(=O)NC1CS(=O)(=O)N(CC(=O)O)C1=O)c1csc(N)n1. The molecule has 1 aromatic rings. The Balaban J connectivity index is 2.20. The number of rotatable bonds is 6. The highest BCUT2D eigenvalue weighted by Gasteiger charge is 2.45. The van der Waals surface area contributed by atoms with Gasteiger partial charge in [-0.25, -0.2) is 17.7 Å². The quantitative estimate of drug-likeness (QED) is 0.358. The molecule has 1 aliphatic rings. The van der Waals surface area contributed by atoms with E-state index in [-0.39, 0.29) is 20.8 Å². The van der Waals surface area contributed by atoms with E-state index in [1.165, 1.54) is 12.5 Å². The summed E-state index contributed by atoms with van der Waals surface area (Å²) >= 11 is 1.04. The monoisotopic (exact) mass is 391 g/mol. The molecule has 0 aromatic carbocycles. The van der Waals surface area contributed by atoms with E-state index in [0.29, 0.717) is 0 Å². The van der Waals surface area contributed by atoms with Gasteiger partial charge in [-0.15, -0.1) is 11.3 Å². The van der Waals surface area contributed by atoms with E-state index in [4.69, 9.17) is 10.8 Å². The summed E-state index contributed by atoms with van der Waals surface area (Å²) in [5, 5.41) is 16.0. The van der Waals surface area contributed by atoms with Gasteiger partial charge < -0.3 is 21.0 Å². The number of hydrogen-bond donors (Lipinski definition) is 3. The Morgan fingerprint density at radius 1 is 1.60 bits per heavy atom. The van der Waals surface area contributed by atoms with Crippen molar-refractivity contribution < 1.29 is 32.7 Å². The summed E-state index contributed by atoms with van der Waals surface area (Å²) < 4.78 is 24.0. The summed E-state index contributed by atoms with van der Waals surface area (Å²) in [6.45, 7) is -1.02. The number of thiazole rings is 1. The molecule has 2 amide bonds. The maximum Gasteiger partial charge on any atom is 0.324 e. The number of nitrogens with one attached hydrogen (secondary N) is 1. The first kappa shape index (κ1) is 18.6. The van der Waals surface area contributed by atoms with E-state index in [0.717, 1.165) is 11.3 Å². The molecule has 1 saturated heterocycles. The highest BCUT2D eigenvalue weighted by Crippen LogP contribution is 2.17. The van der Waals surface area contributed by atoms with Gasteiger partial charge >= 0.3 is 5.97 Å². The zero-order valence-corrected chi connectivity index (χ0v) is 14.3. The van der Waals surface area contributed by atoms with Crippen LogP contribution in [0.4, 0.5) is 5.13 Å². The summed E-state index contributed by atoms with van der Waals surface area (Å²) in [5.74, 6) is -4.23. The maximum atomic E-state index is 12.3. The Hall–Kier alpha value is -2.74. The molecule has 0 saturated carbocycles. The molecule has 1 atom stereocenters. The molecule has 2 rings (SSSR count). The van der Waals surface area contributed by atoms with Gasteiger partial charge in [0.05, 0.1) is 5.75 Å². The number of anilines is 1. The average Bonchev–Trinajstić information content (AvgIpc) is 3.01. The summed E-state index contributed by atoms with van der Waals surface area (Å²) in [6.07, 6.45) is 0. The van der Waals surface area contributed by atoms with Gasteiger partial charge in [-0.2, -0.15) is 0 Å². The van der Waals surface area contributed by atoms with Gasteiger partial charge in [-0.3, -0.25) is 14.4 Å². The standard InChI is InChI=1S/C11H13N5O7S2/c1-23-15-8(5-3-24-11(12)14-5)9(19)13-6-4-25(21,22)16(10(6)20)2-7(17)18/h3,6H,2,4H2,1H3,(H2,12,14)(H,13,19)(H,17,18). The molecule has 0 radical (unpaired) electrons. The third-order valence-electron chi connectivity index (χ3n) is 3.00. The van der Waals surface area contributed by atoms with Crippen LogP contribution in [-0.4, -0.2) is 71.8 Å². The van der Waals surface area contributed by atoms with Crippen molar-refractivity contribution in [2.24, 2.45) is 5.16 Å². The normalized spacial score (nSPS) is 19.7.